The Morgan fingerprint density at radius 2 is 2.21 bits per heavy atom. The highest BCUT2D eigenvalue weighted by Crippen LogP contribution is 2.27. The lowest BCUT2D eigenvalue weighted by Gasteiger charge is -2.20. The smallest absolute Gasteiger partial charge is 0.261 e. The van der Waals surface area contributed by atoms with Crippen LogP contribution in [0, 0.1) is 6.92 Å². The summed E-state index contributed by atoms with van der Waals surface area (Å²) in [5.74, 6) is 0.705. The van der Waals surface area contributed by atoms with Gasteiger partial charge in [-0.1, -0.05) is 17.7 Å². The van der Waals surface area contributed by atoms with Crippen LogP contribution in [0.1, 0.15) is 43.4 Å². The van der Waals surface area contributed by atoms with E-state index in [9.17, 15) is 4.79 Å². The fourth-order valence-corrected chi connectivity index (χ4v) is 2.31. The van der Waals surface area contributed by atoms with Gasteiger partial charge in [0.15, 0.2) is 6.10 Å². The van der Waals surface area contributed by atoms with Gasteiger partial charge >= 0.3 is 0 Å². The van der Waals surface area contributed by atoms with Gasteiger partial charge in [-0.2, -0.15) is 0 Å². The van der Waals surface area contributed by atoms with Crippen LogP contribution in [0.25, 0.3) is 0 Å². The molecule has 1 aliphatic heterocycles. The van der Waals surface area contributed by atoms with Crippen molar-refractivity contribution in [3.63, 3.8) is 0 Å². The molecule has 3 N–H and O–H groups in total. The van der Waals surface area contributed by atoms with Crippen molar-refractivity contribution in [2.24, 2.45) is 5.73 Å². The van der Waals surface area contributed by atoms with Gasteiger partial charge in [0.05, 0.1) is 0 Å². The van der Waals surface area contributed by atoms with Crippen LogP contribution in [-0.2, 0) is 4.79 Å². The molecular weight excluding hydrogens is 240 g/mol. The van der Waals surface area contributed by atoms with Crippen molar-refractivity contribution < 1.29 is 9.53 Å². The Labute approximate surface area is 114 Å². The molecule has 2 rings (SSSR count). The first-order chi connectivity index (χ1) is 9.08. The first-order valence-electron chi connectivity index (χ1n) is 6.88. The summed E-state index contributed by atoms with van der Waals surface area (Å²) in [6.45, 7) is 4.69. The summed E-state index contributed by atoms with van der Waals surface area (Å²) in [6.07, 6.45) is 2.38. The molecule has 0 saturated carbocycles. The molecule has 0 aliphatic carbocycles. The van der Waals surface area contributed by atoms with Crippen LogP contribution in [0.5, 0.6) is 5.75 Å². The highest BCUT2D eigenvalue weighted by Gasteiger charge is 2.23. The number of ether oxygens (including phenoxy) is 1. The van der Waals surface area contributed by atoms with E-state index < -0.39 is 6.10 Å². The van der Waals surface area contributed by atoms with Crippen molar-refractivity contribution in [2.75, 3.05) is 6.54 Å². The number of amides is 1. The van der Waals surface area contributed by atoms with Gasteiger partial charge in [-0.25, -0.2) is 0 Å². The van der Waals surface area contributed by atoms with Gasteiger partial charge in [0.1, 0.15) is 5.75 Å². The highest BCUT2D eigenvalue weighted by atomic mass is 16.5. The number of benzene rings is 1. The van der Waals surface area contributed by atoms with Gasteiger partial charge in [0.25, 0.3) is 5.91 Å². The third-order valence-electron chi connectivity index (χ3n) is 3.41. The lowest BCUT2D eigenvalue weighted by Crippen LogP contribution is -2.36. The summed E-state index contributed by atoms with van der Waals surface area (Å²) >= 11 is 0. The second kappa shape index (κ2) is 6.06. The Morgan fingerprint density at radius 3 is 2.95 bits per heavy atom. The van der Waals surface area contributed by atoms with Gasteiger partial charge in [0, 0.05) is 18.2 Å². The van der Waals surface area contributed by atoms with E-state index in [1.165, 1.54) is 0 Å². The molecule has 1 fully saturated rings. The van der Waals surface area contributed by atoms with Gasteiger partial charge in [0.2, 0.25) is 0 Å². The molecule has 2 atom stereocenters. The minimum Gasteiger partial charge on any atom is -0.480 e. The monoisotopic (exact) mass is 262 g/mol. The van der Waals surface area contributed by atoms with Crippen LogP contribution in [0.2, 0.25) is 0 Å². The predicted molar refractivity (Wildman–Crippen MR) is 75.1 cm³/mol. The second-order valence-electron chi connectivity index (χ2n) is 5.22. The van der Waals surface area contributed by atoms with E-state index in [1.807, 2.05) is 32.0 Å². The molecule has 2 unspecified atom stereocenters. The number of carbonyl (C=O) groups excluding carboxylic acids is 1. The predicted octanol–water partition coefficient (Wildman–Crippen LogP) is 2.06. The summed E-state index contributed by atoms with van der Waals surface area (Å²) in [5, 5.41) is 2.88. The Balaban J connectivity index is 2.19. The van der Waals surface area contributed by atoms with Crippen molar-refractivity contribution in [1.82, 2.24) is 5.32 Å². The van der Waals surface area contributed by atoms with Crippen molar-refractivity contribution in [2.45, 2.75) is 45.3 Å². The lowest BCUT2D eigenvalue weighted by atomic mass is 10.0. The summed E-state index contributed by atoms with van der Waals surface area (Å²) in [5.41, 5.74) is 8.07. The fourth-order valence-electron chi connectivity index (χ4n) is 2.31. The number of nitrogens with one attached hydrogen (secondary N) is 1. The van der Waals surface area contributed by atoms with E-state index in [2.05, 4.69) is 5.32 Å². The molecule has 0 spiro atoms. The standard InChI is InChI=1S/C15H22N2O2/c1-10-6-7-13(12(9-10)11(2)16)19-14-5-3-4-8-17-15(14)18/h6-7,9,11,14H,3-5,8,16H2,1-2H3,(H,17,18). The Hall–Kier alpha value is -1.55. The van der Waals surface area contributed by atoms with Crippen LogP contribution < -0.4 is 15.8 Å². The van der Waals surface area contributed by atoms with Crippen LogP contribution in [-0.4, -0.2) is 18.6 Å². The molecule has 19 heavy (non-hydrogen) atoms. The molecule has 0 bridgehead atoms. The zero-order chi connectivity index (χ0) is 13.8. The third kappa shape index (κ3) is 3.47. The highest BCUT2D eigenvalue weighted by molar-refractivity contribution is 5.81. The van der Waals surface area contributed by atoms with Crippen LogP contribution in [0.4, 0.5) is 0 Å². The van der Waals surface area contributed by atoms with Crippen LogP contribution in [0.3, 0.4) is 0 Å². The minimum absolute atomic E-state index is 0.0197. The summed E-state index contributed by atoms with van der Waals surface area (Å²) in [4.78, 5) is 11.9. The molecule has 1 saturated heterocycles. The van der Waals surface area contributed by atoms with Crippen LogP contribution in [0.15, 0.2) is 18.2 Å². The number of aryl methyl sites for hydroxylation is 1. The molecule has 0 aromatic heterocycles. The van der Waals surface area contributed by atoms with E-state index >= 15 is 0 Å². The quantitative estimate of drug-likeness (QED) is 0.876. The SMILES string of the molecule is Cc1ccc(OC2CCCCNC2=O)c(C(C)N)c1. The van der Waals surface area contributed by atoms with E-state index in [0.717, 1.165) is 42.7 Å². The molecule has 4 heteroatoms. The summed E-state index contributed by atoms with van der Waals surface area (Å²) in [6, 6.07) is 5.81. The zero-order valence-corrected chi connectivity index (χ0v) is 11.6. The Kier molecular flexibility index (Phi) is 4.43. The first kappa shape index (κ1) is 13.9. The summed E-state index contributed by atoms with van der Waals surface area (Å²) < 4.78 is 5.90. The van der Waals surface area contributed by atoms with Gasteiger partial charge < -0.3 is 15.8 Å². The number of hydrogen-bond donors (Lipinski definition) is 2. The fraction of sp³-hybridized carbons (Fsp3) is 0.533. The number of rotatable bonds is 3. The van der Waals surface area contributed by atoms with Crippen molar-refractivity contribution in [1.29, 1.82) is 0 Å². The Morgan fingerprint density at radius 1 is 1.42 bits per heavy atom. The molecule has 1 aromatic carbocycles. The molecule has 1 amide bonds. The maximum absolute atomic E-state index is 11.9. The maximum atomic E-state index is 11.9. The average molecular weight is 262 g/mol. The first-order valence-corrected chi connectivity index (χ1v) is 6.88. The molecule has 1 aliphatic rings. The van der Waals surface area contributed by atoms with E-state index in [4.69, 9.17) is 10.5 Å². The normalized spacial score (nSPS) is 21.4. The van der Waals surface area contributed by atoms with Crippen molar-refractivity contribution >= 4 is 5.91 Å². The van der Waals surface area contributed by atoms with Gasteiger partial charge in [-0.15, -0.1) is 0 Å². The van der Waals surface area contributed by atoms with Gasteiger partial charge in [-0.3, -0.25) is 4.79 Å². The molecule has 104 valence electrons. The number of hydrogen-bond acceptors (Lipinski definition) is 3. The lowest BCUT2D eigenvalue weighted by molar-refractivity contribution is -0.127. The number of nitrogens with two attached hydrogens (primary N) is 1. The molecule has 4 nitrogen and oxygen atoms in total. The molecule has 1 aromatic rings. The van der Waals surface area contributed by atoms with Crippen molar-refractivity contribution in [3.05, 3.63) is 29.3 Å². The zero-order valence-electron chi connectivity index (χ0n) is 11.6. The minimum atomic E-state index is -0.400. The third-order valence-corrected chi connectivity index (χ3v) is 3.41. The van der Waals surface area contributed by atoms with Crippen molar-refractivity contribution in [3.8, 4) is 5.75 Å². The largest absolute Gasteiger partial charge is 0.480 e. The molecular formula is C15H22N2O2. The Bertz CT molecular complexity index is 457. The van der Waals surface area contributed by atoms with E-state index in [0.29, 0.717) is 0 Å². The molecule has 1 heterocycles. The maximum Gasteiger partial charge on any atom is 0.261 e. The second-order valence-corrected chi connectivity index (χ2v) is 5.22. The van der Waals surface area contributed by atoms with E-state index in [-0.39, 0.29) is 11.9 Å². The molecule has 0 radical (unpaired) electrons. The van der Waals surface area contributed by atoms with Crippen LogP contribution >= 0.6 is 0 Å². The summed E-state index contributed by atoms with van der Waals surface area (Å²) in [7, 11) is 0. The topological polar surface area (TPSA) is 64.3 Å². The number of carbonyl (C=O) groups is 1. The van der Waals surface area contributed by atoms with E-state index in [1.54, 1.807) is 0 Å². The average Bonchev–Trinajstić information content (AvgIpc) is 2.57. The van der Waals surface area contributed by atoms with Gasteiger partial charge in [-0.05, 0) is 39.2 Å².